The van der Waals surface area contributed by atoms with E-state index in [9.17, 15) is 4.79 Å². The number of nitrogen functional groups attached to an aromatic ring is 1. The van der Waals surface area contributed by atoms with E-state index in [0.717, 1.165) is 41.8 Å². The number of rotatable bonds is 17. The highest BCUT2D eigenvalue weighted by atomic mass is 32.1. The molecule has 0 bridgehead atoms. The highest BCUT2D eigenvalue weighted by molar-refractivity contribution is 7.16. The number of anilines is 1. The van der Waals surface area contributed by atoms with Crippen LogP contribution in [0.5, 0.6) is 0 Å². The van der Waals surface area contributed by atoms with Crippen molar-refractivity contribution in [1.82, 2.24) is 4.98 Å². The lowest BCUT2D eigenvalue weighted by atomic mass is 9.83. The minimum atomic E-state index is -0.133. The first kappa shape index (κ1) is 26.9. The SMILES string of the molecule is CCCCCCCCCCCCCCC(C(=O)C1CCOCC1)c1sc(N)nc1-c1ccoc1. The topological polar surface area (TPSA) is 78.4 Å². The van der Waals surface area contributed by atoms with E-state index in [4.69, 9.17) is 14.9 Å². The predicted octanol–water partition coefficient (Wildman–Crippen LogP) is 8.16. The summed E-state index contributed by atoms with van der Waals surface area (Å²) in [6.07, 6.45) is 21.7. The van der Waals surface area contributed by atoms with Crippen molar-refractivity contribution in [2.75, 3.05) is 18.9 Å². The molecule has 2 N–H and O–H groups in total. The molecule has 3 heterocycles. The lowest BCUT2D eigenvalue weighted by Crippen LogP contribution is -2.28. The van der Waals surface area contributed by atoms with Gasteiger partial charge in [-0.3, -0.25) is 4.79 Å². The third kappa shape index (κ3) is 8.53. The maximum absolute atomic E-state index is 13.6. The van der Waals surface area contributed by atoms with Gasteiger partial charge in [0.2, 0.25) is 0 Å². The van der Waals surface area contributed by atoms with Crippen LogP contribution in [0.1, 0.15) is 114 Å². The minimum absolute atomic E-state index is 0.0802. The van der Waals surface area contributed by atoms with Gasteiger partial charge in [-0.1, -0.05) is 84.0 Å². The standard InChI is InChI=1S/C28H44N2O3S/c1-2-3-4-5-6-7-8-9-10-11-12-13-14-24(26(31)22-15-18-32-19-16-22)27-25(30-28(29)34-27)23-17-20-33-21-23/h17,20-22,24H,2-16,18-19H2,1H3,(H2,29,30). The van der Waals surface area contributed by atoms with Gasteiger partial charge in [-0.2, -0.15) is 0 Å². The van der Waals surface area contributed by atoms with Crippen LogP contribution in [0.3, 0.4) is 0 Å². The number of nitrogens with two attached hydrogens (primary N) is 1. The molecule has 0 aromatic carbocycles. The van der Waals surface area contributed by atoms with Gasteiger partial charge in [0.05, 0.1) is 24.1 Å². The highest BCUT2D eigenvalue weighted by Gasteiger charge is 2.33. The molecule has 1 aliphatic rings. The van der Waals surface area contributed by atoms with Gasteiger partial charge in [0.25, 0.3) is 0 Å². The number of unbranched alkanes of at least 4 members (excludes halogenated alkanes) is 11. The third-order valence-corrected chi connectivity index (χ3v) is 8.09. The number of furan rings is 1. The zero-order valence-electron chi connectivity index (χ0n) is 21.1. The Labute approximate surface area is 209 Å². The predicted molar refractivity (Wildman–Crippen MR) is 141 cm³/mol. The van der Waals surface area contributed by atoms with Gasteiger partial charge in [-0.15, -0.1) is 11.3 Å². The second-order valence-electron chi connectivity index (χ2n) is 9.80. The lowest BCUT2D eigenvalue weighted by Gasteiger charge is -2.25. The maximum Gasteiger partial charge on any atom is 0.180 e. The van der Waals surface area contributed by atoms with Crippen LogP contribution >= 0.6 is 11.3 Å². The Bertz CT molecular complexity index is 812. The molecule has 1 saturated heterocycles. The molecule has 1 aliphatic heterocycles. The summed E-state index contributed by atoms with van der Waals surface area (Å²) in [4.78, 5) is 19.2. The Hall–Kier alpha value is -1.66. The number of ether oxygens (including phenoxy) is 1. The van der Waals surface area contributed by atoms with Crippen LogP contribution in [0.2, 0.25) is 0 Å². The van der Waals surface area contributed by atoms with Crippen LogP contribution in [0.4, 0.5) is 5.13 Å². The normalized spacial score (nSPS) is 15.6. The first-order valence-corrected chi connectivity index (χ1v) is 14.4. The van der Waals surface area contributed by atoms with Crippen molar-refractivity contribution in [1.29, 1.82) is 0 Å². The van der Waals surface area contributed by atoms with Crippen LogP contribution in [-0.2, 0) is 9.53 Å². The average molecular weight is 489 g/mol. The summed E-state index contributed by atoms with van der Waals surface area (Å²) < 4.78 is 10.8. The van der Waals surface area contributed by atoms with E-state index in [1.807, 2.05) is 6.07 Å². The van der Waals surface area contributed by atoms with Gasteiger partial charge < -0.3 is 14.9 Å². The molecule has 190 valence electrons. The van der Waals surface area contributed by atoms with E-state index in [2.05, 4.69) is 11.9 Å². The molecule has 34 heavy (non-hydrogen) atoms. The van der Waals surface area contributed by atoms with Crippen molar-refractivity contribution in [3.63, 3.8) is 0 Å². The van der Waals surface area contributed by atoms with Crippen molar-refractivity contribution in [3.8, 4) is 11.3 Å². The van der Waals surface area contributed by atoms with Crippen molar-refractivity contribution in [3.05, 3.63) is 23.5 Å². The summed E-state index contributed by atoms with van der Waals surface area (Å²) in [5, 5.41) is 0.519. The summed E-state index contributed by atoms with van der Waals surface area (Å²) in [6.45, 7) is 3.64. The zero-order valence-corrected chi connectivity index (χ0v) is 21.9. The molecule has 0 radical (unpaired) electrons. The number of carbonyl (C=O) groups excluding carboxylic acids is 1. The molecule has 1 fully saturated rings. The number of thiazole rings is 1. The van der Waals surface area contributed by atoms with E-state index in [0.29, 0.717) is 24.1 Å². The molecule has 0 aliphatic carbocycles. The van der Waals surface area contributed by atoms with Crippen LogP contribution in [0.25, 0.3) is 11.3 Å². The number of aromatic nitrogens is 1. The number of nitrogens with zero attached hydrogens (tertiary/aromatic N) is 1. The quantitative estimate of drug-likeness (QED) is 0.227. The van der Waals surface area contributed by atoms with Crippen LogP contribution in [-0.4, -0.2) is 24.0 Å². The lowest BCUT2D eigenvalue weighted by molar-refractivity contribution is -0.127. The van der Waals surface area contributed by atoms with Crippen LogP contribution < -0.4 is 5.73 Å². The van der Waals surface area contributed by atoms with E-state index < -0.39 is 0 Å². The molecule has 0 amide bonds. The molecule has 1 atom stereocenters. The van der Waals surface area contributed by atoms with Crippen LogP contribution in [0, 0.1) is 5.92 Å². The molecule has 0 spiro atoms. The largest absolute Gasteiger partial charge is 0.472 e. The zero-order chi connectivity index (χ0) is 24.0. The third-order valence-electron chi connectivity index (χ3n) is 7.09. The fourth-order valence-electron chi connectivity index (χ4n) is 5.05. The number of carbonyl (C=O) groups is 1. The van der Waals surface area contributed by atoms with E-state index in [1.54, 1.807) is 12.5 Å². The molecule has 2 aromatic rings. The van der Waals surface area contributed by atoms with Gasteiger partial charge >= 0.3 is 0 Å². The molecule has 5 nitrogen and oxygen atoms in total. The average Bonchev–Trinajstić information content (AvgIpc) is 3.52. The summed E-state index contributed by atoms with van der Waals surface area (Å²) in [5.41, 5.74) is 7.84. The first-order valence-electron chi connectivity index (χ1n) is 13.6. The van der Waals surface area contributed by atoms with Gasteiger partial charge in [0.15, 0.2) is 5.13 Å². The fraction of sp³-hybridized carbons (Fsp3) is 0.714. The maximum atomic E-state index is 13.6. The van der Waals surface area contributed by atoms with Gasteiger partial charge in [-0.25, -0.2) is 4.98 Å². The summed E-state index contributed by atoms with van der Waals surface area (Å²) in [7, 11) is 0. The molecule has 1 unspecified atom stereocenters. The smallest absolute Gasteiger partial charge is 0.180 e. The summed E-state index contributed by atoms with van der Waals surface area (Å²) in [5.74, 6) is 0.294. The Morgan fingerprint density at radius 1 is 1.03 bits per heavy atom. The molecule has 2 aromatic heterocycles. The molecule has 3 rings (SSSR count). The Balaban J connectivity index is 1.49. The second-order valence-corrected chi connectivity index (χ2v) is 10.9. The minimum Gasteiger partial charge on any atom is -0.472 e. The monoisotopic (exact) mass is 488 g/mol. The van der Waals surface area contributed by atoms with E-state index >= 15 is 0 Å². The summed E-state index contributed by atoms with van der Waals surface area (Å²) in [6, 6.07) is 1.90. The Morgan fingerprint density at radius 3 is 2.24 bits per heavy atom. The van der Waals surface area contributed by atoms with Crippen LogP contribution in [0.15, 0.2) is 23.0 Å². The number of ketones is 1. The van der Waals surface area contributed by atoms with Gasteiger partial charge in [0, 0.05) is 29.6 Å². The van der Waals surface area contributed by atoms with Gasteiger partial charge in [0.1, 0.15) is 5.78 Å². The Kier molecular flexibility index (Phi) is 12.2. The number of hydrogen-bond acceptors (Lipinski definition) is 6. The molecule has 6 heteroatoms. The van der Waals surface area contributed by atoms with E-state index in [-0.39, 0.29) is 11.8 Å². The summed E-state index contributed by atoms with van der Waals surface area (Å²) >= 11 is 1.47. The molecular formula is C28H44N2O3S. The second kappa shape index (κ2) is 15.4. The number of hydrogen-bond donors (Lipinski definition) is 1. The fourth-order valence-corrected chi connectivity index (χ4v) is 6.05. The molecule has 0 saturated carbocycles. The van der Waals surface area contributed by atoms with Crippen molar-refractivity contribution < 1.29 is 13.9 Å². The van der Waals surface area contributed by atoms with Gasteiger partial charge in [-0.05, 0) is 25.3 Å². The van der Waals surface area contributed by atoms with Crippen molar-refractivity contribution >= 4 is 22.3 Å². The molecular weight excluding hydrogens is 444 g/mol. The van der Waals surface area contributed by atoms with E-state index in [1.165, 1.54) is 82.0 Å². The number of Topliss-reactive ketones (excluding diaryl/α,β-unsaturated/α-hetero) is 1. The van der Waals surface area contributed by atoms with Crippen molar-refractivity contribution in [2.24, 2.45) is 5.92 Å². The van der Waals surface area contributed by atoms with Crippen molar-refractivity contribution in [2.45, 2.75) is 109 Å². The highest BCUT2D eigenvalue weighted by Crippen LogP contribution is 2.40. The Morgan fingerprint density at radius 2 is 1.65 bits per heavy atom. The first-order chi connectivity index (χ1) is 16.7.